The van der Waals surface area contributed by atoms with E-state index in [9.17, 15) is 9.59 Å². The van der Waals surface area contributed by atoms with Crippen LogP contribution in [0.3, 0.4) is 0 Å². The van der Waals surface area contributed by atoms with Gasteiger partial charge in [-0.05, 0) is 31.1 Å². The Labute approximate surface area is 121 Å². The number of rotatable bonds is 7. The number of hydrogen-bond donors (Lipinski definition) is 3. The number of carboxylic acid groups (broad SMARTS) is 2. The Morgan fingerprint density at radius 2 is 1.60 bits per heavy atom. The summed E-state index contributed by atoms with van der Waals surface area (Å²) in [6, 6.07) is -0.0245. The number of hydrogen-bond acceptors (Lipinski definition) is 3. The van der Waals surface area contributed by atoms with E-state index in [0.717, 1.165) is 12.5 Å². The van der Waals surface area contributed by atoms with Crippen LogP contribution in [0.4, 0.5) is 0 Å². The van der Waals surface area contributed by atoms with Crippen LogP contribution in [0.1, 0.15) is 47.5 Å². The van der Waals surface area contributed by atoms with Gasteiger partial charge in [0.1, 0.15) is 0 Å². The fourth-order valence-electron chi connectivity index (χ4n) is 1.59. The highest BCUT2D eigenvalue weighted by molar-refractivity contribution is 5.79. The zero-order valence-corrected chi connectivity index (χ0v) is 13.2. The third-order valence-corrected chi connectivity index (χ3v) is 2.58. The molecule has 20 heavy (non-hydrogen) atoms. The molecule has 0 bridgehead atoms. The van der Waals surface area contributed by atoms with Gasteiger partial charge in [-0.15, -0.1) is 0 Å². The molecule has 2 atom stereocenters. The molecule has 5 nitrogen and oxygen atoms in total. The molecule has 0 fully saturated rings. The van der Waals surface area contributed by atoms with E-state index in [-0.39, 0.29) is 18.4 Å². The van der Waals surface area contributed by atoms with Gasteiger partial charge in [0.15, 0.2) is 0 Å². The second-order valence-corrected chi connectivity index (χ2v) is 5.79. The van der Waals surface area contributed by atoms with Crippen LogP contribution in [0.5, 0.6) is 0 Å². The average molecular weight is 287 g/mol. The van der Waals surface area contributed by atoms with Gasteiger partial charge in [-0.1, -0.05) is 33.8 Å². The Morgan fingerprint density at radius 3 is 1.80 bits per heavy atom. The zero-order chi connectivity index (χ0) is 16.3. The van der Waals surface area contributed by atoms with E-state index >= 15 is 0 Å². The zero-order valence-electron chi connectivity index (χ0n) is 13.2. The Morgan fingerprint density at radius 1 is 1.10 bits per heavy atom. The predicted octanol–water partition coefficient (Wildman–Crippen LogP) is 2.75. The number of carboxylic acids is 2. The molecular formula is C15H29NO4. The number of aliphatic carboxylic acids is 2. The molecule has 0 aromatic carbocycles. The molecule has 0 rings (SSSR count). The Bertz CT molecular complexity index is 309. The predicted molar refractivity (Wildman–Crippen MR) is 80.5 cm³/mol. The van der Waals surface area contributed by atoms with E-state index in [1.54, 1.807) is 6.08 Å². The van der Waals surface area contributed by atoms with Crippen molar-refractivity contribution in [3.63, 3.8) is 0 Å². The number of allylic oxidation sites excluding steroid dienone is 1. The fourth-order valence-corrected chi connectivity index (χ4v) is 1.59. The van der Waals surface area contributed by atoms with Crippen LogP contribution in [-0.4, -0.2) is 28.2 Å². The van der Waals surface area contributed by atoms with Crippen LogP contribution >= 0.6 is 0 Å². The molecule has 118 valence electrons. The lowest BCUT2D eigenvalue weighted by molar-refractivity contribution is -0.138. The van der Waals surface area contributed by atoms with Crippen molar-refractivity contribution in [1.29, 1.82) is 0 Å². The lowest BCUT2D eigenvalue weighted by Crippen LogP contribution is -2.29. The van der Waals surface area contributed by atoms with Crippen LogP contribution in [0, 0.1) is 17.8 Å². The summed E-state index contributed by atoms with van der Waals surface area (Å²) in [5, 5.41) is 16.7. The first-order chi connectivity index (χ1) is 9.06. The van der Waals surface area contributed by atoms with Gasteiger partial charge in [-0.25, -0.2) is 4.79 Å². The Balaban J connectivity index is 0. The van der Waals surface area contributed by atoms with E-state index in [2.05, 4.69) is 13.8 Å². The summed E-state index contributed by atoms with van der Waals surface area (Å²) in [6.45, 7) is 9.89. The number of carbonyl (C=O) groups is 2. The Hall–Kier alpha value is -1.36. The molecule has 0 aromatic rings. The van der Waals surface area contributed by atoms with Crippen LogP contribution in [0.15, 0.2) is 12.2 Å². The first-order valence-electron chi connectivity index (χ1n) is 6.94. The highest BCUT2D eigenvalue weighted by atomic mass is 16.4. The minimum absolute atomic E-state index is 0.0245. The van der Waals surface area contributed by atoms with Crippen LogP contribution in [-0.2, 0) is 9.59 Å². The molecule has 0 spiro atoms. The summed E-state index contributed by atoms with van der Waals surface area (Å²) in [4.78, 5) is 20.3. The lowest BCUT2D eigenvalue weighted by atomic mass is 9.89. The number of nitrogens with two attached hydrogens (primary N) is 1. The maximum Gasteiger partial charge on any atom is 0.327 e. The summed E-state index contributed by atoms with van der Waals surface area (Å²) < 4.78 is 0. The normalized spacial score (nSPS) is 14.0. The molecule has 0 heterocycles. The lowest BCUT2D eigenvalue weighted by Gasteiger charge is -2.20. The van der Waals surface area contributed by atoms with Gasteiger partial charge in [0, 0.05) is 18.5 Å². The molecule has 4 N–H and O–H groups in total. The van der Waals surface area contributed by atoms with Crippen LogP contribution < -0.4 is 5.73 Å². The van der Waals surface area contributed by atoms with Crippen molar-refractivity contribution in [3.8, 4) is 0 Å². The van der Waals surface area contributed by atoms with Gasteiger partial charge >= 0.3 is 11.9 Å². The third kappa shape index (κ3) is 16.6. The van der Waals surface area contributed by atoms with Gasteiger partial charge in [0.25, 0.3) is 0 Å². The SMILES string of the molecule is CC(C)C=CC(=O)O.CC(C)CC(CC(=O)O)C(C)N. The molecule has 0 aliphatic carbocycles. The summed E-state index contributed by atoms with van der Waals surface area (Å²) >= 11 is 0. The third-order valence-electron chi connectivity index (χ3n) is 2.58. The molecule has 0 aliphatic rings. The molecule has 0 saturated heterocycles. The van der Waals surface area contributed by atoms with Crippen LogP contribution in [0.2, 0.25) is 0 Å². The van der Waals surface area contributed by atoms with Crippen molar-refractivity contribution in [2.24, 2.45) is 23.5 Å². The molecular weight excluding hydrogens is 258 g/mol. The summed E-state index contributed by atoms with van der Waals surface area (Å²) in [7, 11) is 0. The average Bonchev–Trinajstić information content (AvgIpc) is 2.25. The molecule has 0 saturated carbocycles. The Kier molecular flexibility index (Phi) is 12.0. The minimum Gasteiger partial charge on any atom is -0.481 e. The maximum atomic E-state index is 10.4. The second kappa shape index (κ2) is 11.5. The minimum atomic E-state index is -0.876. The van der Waals surface area contributed by atoms with E-state index in [1.165, 1.54) is 0 Å². The second-order valence-electron chi connectivity index (χ2n) is 5.79. The highest BCUT2D eigenvalue weighted by Crippen LogP contribution is 2.17. The van der Waals surface area contributed by atoms with Gasteiger partial charge in [-0.2, -0.15) is 0 Å². The van der Waals surface area contributed by atoms with Gasteiger partial charge in [0.05, 0.1) is 0 Å². The largest absolute Gasteiger partial charge is 0.481 e. The molecule has 5 heteroatoms. The van der Waals surface area contributed by atoms with E-state index < -0.39 is 11.9 Å². The first-order valence-corrected chi connectivity index (χ1v) is 6.94. The van der Waals surface area contributed by atoms with Crippen molar-refractivity contribution in [3.05, 3.63) is 12.2 Å². The van der Waals surface area contributed by atoms with Crippen molar-refractivity contribution in [1.82, 2.24) is 0 Å². The first kappa shape index (κ1) is 20.9. The maximum absolute atomic E-state index is 10.4. The fraction of sp³-hybridized carbons (Fsp3) is 0.733. The highest BCUT2D eigenvalue weighted by Gasteiger charge is 2.18. The van der Waals surface area contributed by atoms with E-state index in [0.29, 0.717) is 11.8 Å². The molecule has 2 unspecified atom stereocenters. The van der Waals surface area contributed by atoms with Crippen molar-refractivity contribution >= 4 is 11.9 Å². The standard InChI is InChI=1S/C9H19NO2.C6H10O2/c1-6(2)4-8(7(3)10)5-9(11)12;1-5(2)3-4-6(7)8/h6-8H,4-5,10H2,1-3H3,(H,11,12);3-5H,1-2H3,(H,7,8). The quantitative estimate of drug-likeness (QED) is 0.625. The van der Waals surface area contributed by atoms with Crippen molar-refractivity contribution in [2.75, 3.05) is 0 Å². The van der Waals surface area contributed by atoms with Crippen molar-refractivity contribution < 1.29 is 19.8 Å². The summed E-state index contributed by atoms with van der Waals surface area (Å²) in [5.41, 5.74) is 5.67. The molecule has 0 amide bonds. The van der Waals surface area contributed by atoms with Crippen molar-refractivity contribution in [2.45, 2.75) is 53.5 Å². The summed E-state index contributed by atoms with van der Waals surface area (Å²) in [6.07, 6.45) is 3.88. The monoisotopic (exact) mass is 287 g/mol. The topological polar surface area (TPSA) is 101 Å². The van der Waals surface area contributed by atoms with Gasteiger partial charge in [-0.3, -0.25) is 4.79 Å². The van der Waals surface area contributed by atoms with Gasteiger partial charge in [0.2, 0.25) is 0 Å². The molecule has 0 aromatic heterocycles. The smallest absolute Gasteiger partial charge is 0.327 e. The van der Waals surface area contributed by atoms with Crippen LogP contribution in [0.25, 0.3) is 0 Å². The van der Waals surface area contributed by atoms with Gasteiger partial charge < -0.3 is 15.9 Å². The molecule has 0 radical (unpaired) electrons. The van der Waals surface area contributed by atoms with E-state index in [1.807, 2.05) is 20.8 Å². The summed E-state index contributed by atoms with van der Waals surface area (Å²) in [5.74, 6) is -0.675. The molecule has 0 aliphatic heterocycles. The van der Waals surface area contributed by atoms with E-state index in [4.69, 9.17) is 15.9 Å².